The largest absolute Gasteiger partial charge is 0.416 e. The van der Waals surface area contributed by atoms with E-state index in [-0.39, 0.29) is 23.3 Å². The number of hydrogen-bond donors (Lipinski definition) is 1. The Labute approximate surface area is 188 Å². The summed E-state index contributed by atoms with van der Waals surface area (Å²) in [5.41, 5.74) is 1.50. The number of carbonyl (C=O) groups is 1. The molecule has 164 valence electrons. The molecule has 1 aromatic heterocycles. The number of amides is 1. The molecule has 1 heterocycles. The molecule has 0 fully saturated rings. The molecule has 32 heavy (non-hydrogen) atoms. The summed E-state index contributed by atoms with van der Waals surface area (Å²) in [6.45, 7) is 1.93. The summed E-state index contributed by atoms with van der Waals surface area (Å²) >= 11 is 6.60. The van der Waals surface area contributed by atoms with E-state index < -0.39 is 17.6 Å². The molecule has 7 heteroatoms. The molecule has 0 saturated heterocycles. The van der Waals surface area contributed by atoms with Crippen LogP contribution in [0.2, 0.25) is 5.02 Å². The Kier molecular flexibility index (Phi) is 5.98. The average Bonchev–Trinajstić information content (AvgIpc) is 3.06. The molecule has 3 aromatic carbocycles. The highest BCUT2D eigenvalue weighted by Gasteiger charge is 2.30. The van der Waals surface area contributed by atoms with E-state index in [4.69, 9.17) is 11.6 Å². The minimum Gasteiger partial charge on any atom is -0.344 e. The highest BCUT2D eigenvalue weighted by atomic mass is 35.5. The Morgan fingerprint density at radius 2 is 1.69 bits per heavy atom. The first-order chi connectivity index (χ1) is 15.3. The van der Waals surface area contributed by atoms with E-state index >= 15 is 0 Å². The number of aromatic nitrogens is 1. The van der Waals surface area contributed by atoms with E-state index in [0.717, 1.165) is 17.7 Å². The van der Waals surface area contributed by atoms with E-state index in [0.29, 0.717) is 16.5 Å². The zero-order valence-corrected chi connectivity index (χ0v) is 17.9. The molecule has 4 rings (SSSR count). The molecule has 1 atom stereocenters. The molecule has 0 aliphatic rings. The van der Waals surface area contributed by atoms with Gasteiger partial charge in [0.1, 0.15) is 5.69 Å². The van der Waals surface area contributed by atoms with Crippen molar-refractivity contribution in [2.75, 3.05) is 0 Å². The molecule has 0 spiro atoms. The number of benzene rings is 3. The van der Waals surface area contributed by atoms with Crippen molar-refractivity contribution in [1.82, 2.24) is 9.88 Å². The van der Waals surface area contributed by atoms with Gasteiger partial charge in [-0.05, 0) is 36.2 Å². The Morgan fingerprint density at radius 3 is 2.41 bits per heavy atom. The van der Waals surface area contributed by atoms with Crippen LogP contribution in [0.1, 0.15) is 40.1 Å². The van der Waals surface area contributed by atoms with Crippen molar-refractivity contribution >= 4 is 28.4 Å². The maximum absolute atomic E-state index is 13.3. The second kappa shape index (κ2) is 8.71. The molecule has 0 radical (unpaired) electrons. The molecular formula is C25H20ClF3N2O. The molecule has 0 bridgehead atoms. The Hall–Kier alpha value is -3.25. The SMILES string of the molecule is CC(NC(=O)c1c(Cl)c2ccccc2n1Cc1cccc(C(F)(F)F)c1)c1ccccc1. The predicted octanol–water partition coefficient (Wildman–Crippen LogP) is 6.85. The minimum absolute atomic E-state index is 0.0691. The van der Waals surface area contributed by atoms with Gasteiger partial charge in [-0.3, -0.25) is 4.79 Å². The van der Waals surface area contributed by atoms with E-state index in [2.05, 4.69) is 5.32 Å². The van der Waals surface area contributed by atoms with Gasteiger partial charge in [0.25, 0.3) is 5.91 Å². The van der Waals surface area contributed by atoms with E-state index in [9.17, 15) is 18.0 Å². The summed E-state index contributed by atoms with van der Waals surface area (Å²) in [7, 11) is 0. The molecule has 1 unspecified atom stereocenters. The number of carbonyl (C=O) groups excluding carboxylic acids is 1. The van der Waals surface area contributed by atoms with Crippen LogP contribution in [0.3, 0.4) is 0 Å². The Bertz CT molecular complexity index is 1270. The molecule has 4 aromatic rings. The van der Waals surface area contributed by atoms with Gasteiger partial charge in [-0.15, -0.1) is 0 Å². The van der Waals surface area contributed by atoms with Crippen LogP contribution in [-0.4, -0.2) is 10.5 Å². The van der Waals surface area contributed by atoms with Crippen molar-refractivity contribution in [1.29, 1.82) is 0 Å². The van der Waals surface area contributed by atoms with Gasteiger partial charge in [0, 0.05) is 11.9 Å². The molecule has 0 saturated carbocycles. The fourth-order valence-corrected chi connectivity index (χ4v) is 4.11. The zero-order chi connectivity index (χ0) is 22.9. The van der Waals surface area contributed by atoms with Gasteiger partial charge >= 0.3 is 6.18 Å². The topological polar surface area (TPSA) is 34.0 Å². The summed E-state index contributed by atoms with van der Waals surface area (Å²) in [4.78, 5) is 13.3. The van der Waals surface area contributed by atoms with Crippen molar-refractivity contribution in [3.63, 3.8) is 0 Å². The Morgan fingerprint density at radius 1 is 1.00 bits per heavy atom. The van der Waals surface area contributed by atoms with Gasteiger partial charge in [0.05, 0.1) is 22.1 Å². The lowest BCUT2D eigenvalue weighted by atomic mass is 10.1. The van der Waals surface area contributed by atoms with Gasteiger partial charge in [-0.25, -0.2) is 0 Å². The Balaban J connectivity index is 1.74. The highest BCUT2D eigenvalue weighted by molar-refractivity contribution is 6.38. The fraction of sp³-hybridized carbons (Fsp3) is 0.160. The summed E-state index contributed by atoms with van der Waals surface area (Å²) in [6.07, 6.45) is -4.45. The predicted molar refractivity (Wildman–Crippen MR) is 120 cm³/mol. The average molecular weight is 457 g/mol. The number of nitrogens with one attached hydrogen (secondary N) is 1. The molecular weight excluding hydrogens is 437 g/mol. The van der Waals surface area contributed by atoms with Crippen molar-refractivity contribution in [2.45, 2.75) is 25.7 Å². The van der Waals surface area contributed by atoms with E-state index in [1.807, 2.05) is 37.3 Å². The smallest absolute Gasteiger partial charge is 0.344 e. The summed E-state index contributed by atoms with van der Waals surface area (Å²) in [5, 5.41) is 3.89. The van der Waals surface area contributed by atoms with E-state index in [1.54, 1.807) is 34.9 Å². The van der Waals surface area contributed by atoms with Crippen LogP contribution >= 0.6 is 11.6 Å². The summed E-state index contributed by atoms with van der Waals surface area (Å²) < 4.78 is 41.2. The second-order valence-corrected chi connectivity index (χ2v) is 7.95. The number of nitrogens with zero attached hydrogens (tertiary/aromatic N) is 1. The van der Waals surface area contributed by atoms with Crippen molar-refractivity contribution < 1.29 is 18.0 Å². The quantitative estimate of drug-likeness (QED) is 0.350. The van der Waals surface area contributed by atoms with Crippen LogP contribution in [0.25, 0.3) is 10.9 Å². The van der Waals surface area contributed by atoms with Crippen molar-refractivity contribution in [2.24, 2.45) is 0 Å². The first-order valence-electron chi connectivity index (χ1n) is 10.0. The molecule has 1 amide bonds. The van der Waals surface area contributed by atoms with Gasteiger partial charge in [-0.1, -0.05) is 72.3 Å². The standard InChI is InChI=1S/C25H20ClF3N2O/c1-16(18-9-3-2-4-10-18)30-24(32)23-22(26)20-12-5-6-13-21(20)31(23)15-17-8-7-11-19(14-17)25(27,28)29/h2-14,16H,15H2,1H3,(H,30,32). The maximum Gasteiger partial charge on any atom is 0.416 e. The monoisotopic (exact) mass is 456 g/mol. The van der Waals surface area contributed by atoms with Crippen molar-refractivity contribution in [3.8, 4) is 0 Å². The van der Waals surface area contributed by atoms with Gasteiger partial charge in [-0.2, -0.15) is 13.2 Å². The highest BCUT2D eigenvalue weighted by Crippen LogP contribution is 2.33. The lowest BCUT2D eigenvalue weighted by molar-refractivity contribution is -0.137. The number of rotatable bonds is 5. The third-order valence-electron chi connectivity index (χ3n) is 5.37. The third kappa shape index (κ3) is 4.36. The summed E-state index contributed by atoms with van der Waals surface area (Å²) in [6, 6.07) is 21.5. The number of halogens is 4. The van der Waals surface area contributed by atoms with Crippen LogP contribution in [0.15, 0.2) is 78.9 Å². The fourth-order valence-electron chi connectivity index (χ4n) is 3.77. The number of hydrogen-bond acceptors (Lipinski definition) is 1. The van der Waals surface area contributed by atoms with Gasteiger partial charge < -0.3 is 9.88 Å². The molecule has 3 nitrogen and oxygen atoms in total. The first kappa shape index (κ1) is 22.0. The number of alkyl halides is 3. The van der Waals surface area contributed by atoms with Gasteiger partial charge in [0.15, 0.2) is 0 Å². The summed E-state index contributed by atoms with van der Waals surface area (Å²) in [5.74, 6) is -0.394. The van der Waals surface area contributed by atoms with Crippen molar-refractivity contribution in [3.05, 3.63) is 106 Å². The third-order valence-corrected chi connectivity index (χ3v) is 5.75. The lowest BCUT2D eigenvalue weighted by Crippen LogP contribution is -2.29. The van der Waals surface area contributed by atoms with E-state index in [1.165, 1.54) is 6.07 Å². The van der Waals surface area contributed by atoms with Crippen LogP contribution in [0.4, 0.5) is 13.2 Å². The maximum atomic E-state index is 13.3. The van der Waals surface area contributed by atoms with Gasteiger partial charge in [0.2, 0.25) is 0 Å². The number of fused-ring (bicyclic) bond motifs is 1. The van der Waals surface area contributed by atoms with Crippen LogP contribution in [0, 0.1) is 0 Å². The lowest BCUT2D eigenvalue weighted by Gasteiger charge is -2.17. The number of para-hydroxylation sites is 1. The molecule has 1 N–H and O–H groups in total. The molecule has 0 aliphatic heterocycles. The first-order valence-corrected chi connectivity index (χ1v) is 10.4. The van der Waals surface area contributed by atoms with Crippen LogP contribution in [0.5, 0.6) is 0 Å². The zero-order valence-electron chi connectivity index (χ0n) is 17.2. The normalized spacial score (nSPS) is 12.7. The minimum atomic E-state index is -4.45. The van der Waals surface area contributed by atoms with Crippen LogP contribution < -0.4 is 5.32 Å². The van der Waals surface area contributed by atoms with Crippen LogP contribution in [-0.2, 0) is 12.7 Å². The molecule has 0 aliphatic carbocycles. The second-order valence-electron chi connectivity index (χ2n) is 7.57.